The van der Waals surface area contributed by atoms with Gasteiger partial charge in [0.2, 0.25) is 5.89 Å². The van der Waals surface area contributed by atoms with Gasteiger partial charge in [0.1, 0.15) is 0 Å². The highest BCUT2D eigenvalue weighted by atomic mass is 32.2. The van der Waals surface area contributed by atoms with Gasteiger partial charge < -0.3 is 4.52 Å². The van der Waals surface area contributed by atoms with Gasteiger partial charge >= 0.3 is 0 Å². The number of nitrogens with zero attached hydrogens (tertiary/aromatic N) is 3. The third kappa shape index (κ3) is 4.67. The first-order chi connectivity index (χ1) is 7.61. The molecule has 4 nitrogen and oxygen atoms in total. The van der Waals surface area contributed by atoms with Crippen molar-refractivity contribution in [3.63, 3.8) is 0 Å². The maximum Gasteiger partial charge on any atom is 0.227 e. The summed E-state index contributed by atoms with van der Waals surface area (Å²) in [5.41, 5.74) is 0. The Labute approximate surface area is 100 Å². The Balaban J connectivity index is 2.37. The molecular weight excluding hydrogens is 222 g/mol. The third-order valence-corrected chi connectivity index (χ3v) is 3.26. The summed E-state index contributed by atoms with van der Waals surface area (Å²) in [6.07, 6.45) is 0.540. The highest BCUT2D eigenvalue weighted by molar-refractivity contribution is 7.98. The Bertz CT molecular complexity index is 356. The van der Waals surface area contributed by atoms with Crippen LogP contribution in [0.1, 0.15) is 32.5 Å². The minimum Gasteiger partial charge on any atom is -0.339 e. The quantitative estimate of drug-likeness (QED) is 0.763. The first-order valence-electron chi connectivity index (χ1n) is 5.40. The van der Waals surface area contributed by atoms with Crippen molar-refractivity contribution in [2.24, 2.45) is 11.8 Å². The van der Waals surface area contributed by atoms with Crippen LogP contribution in [0.15, 0.2) is 4.52 Å². The van der Waals surface area contributed by atoms with Gasteiger partial charge in [0.05, 0.1) is 17.7 Å². The highest BCUT2D eigenvalue weighted by Crippen LogP contribution is 2.14. The number of nitriles is 1. The average Bonchev–Trinajstić information content (AvgIpc) is 2.65. The van der Waals surface area contributed by atoms with E-state index in [1.807, 2.05) is 6.92 Å². The van der Waals surface area contributed by atoms with Crippen LogP contribution in [0, 0.1) is 23.2 Å². The average molecular weight is 239 g/mol. The van der Waals surface area contributed by atoms with Crippen LogP contribution in [0.25, 0.3) is 0 Å². The molecule has 1 aromatic rings. The Kier molecular flexibility index (Phi) is 5.33. The van der Waals surface area contributed by atoms with E-state index in [4.69, 9.17) is 9.78 Å². The fourth-order valence-corrected chi connectivity index (χ4v) is 2.01. The maximum atomic E-state index is 8.66. The normalized spacial score (nSPS) is 12.7. The summed E-state index contributed by atoms with van der Waals surface area (Å²) in [6, 6.07) is 2.15. The molecule has 1 rings (SSSR count). The van der Waals surface area contributed by atoms with Crippen LogP contribution in [0.4, 0.5) is 0 Å². The van der Waals surface area contributed by atoms with Gasteiger partial charge in [0.15, 0.2) is 5.82 Å². The van der Waals surface area contributed by atoms with Gasteiger partial charge in [-0.15, -0.1) is 0 Å². The molecule has 16 heavy (non-hydrogen) atoms. The van der Waals surface area contributed by atoms with Crippen LogP contribution in [0.5, 0.6) is 0 Å². The molecule has 0 aliphatic carbocycles. The zero-order valence-corrected chi connectivity index (χ0v) is 10.8. The van der Waals surface area contributed by atoms with Gasteiger partial charge in [-0.1, -0.05) is 19.0 Å². The molecule has 0 amide bonds. The molecule has 0 aliphatic heterocycles. The molecule has 0 fully saturated rings. The van der Waals surface area contributed by atoms with Gasteiger partial charge in [-0.05, 0) is 18.6 Å². The van der Waals surface area contributed by atoms with Gasteiger partial charge in [-0.3, -0.25) is 0 Å². The molecule has 5 heteroatoms. The van der Waals surface area contributed by atoms with Crippen LogP contribution >= 0.6 is 11.8 Å². The predicted molar refractivity (Wildman–Crippen MR) is 63.8 cm³/mol. The van der Waals surface area contributed by atoms with E-state index in [2.05, 4.69) is 30.1 Å². The molecule has 0 aromatic carbocycles. The fourth-order valence-electron chi connectivity index (χ4n) is 1.13. The summed E-state index contributed by atoms with van der Waals surface area (Å²) >= 11 is 1.80. The van der Waals surface area contributed by atoms with Gasteiger partial charge in [0, 0.05) is 6.42 Å². The Morgan fingerprint density at radius 2 is 2.19 bits per heavy atom. The first kappa shape index (κ1) is 13.0. The van der Waals surface area contributed by atoms with E-state index in [1.54, 1.807) is 11.8 Å². The predicted octanol–water partition coefficient (Wildman–Crippen LogP) is 2.66. The molecule has 0 bridgehead atoms. The molecule has 88 valence electrons. The van der Waals surface area contributed by atoms with Crippen molar-refractivity contribution in [3.8, 4) is 6.07 Å². The number of thioether (sulfide) groups is 1. The minimum absolute atomic E-state index is 0.0726. The van der Waals surface area contributed by atoms with Gasteiger partial charge in [0.25, 0.3) is 0 Å². The Hall–Kier alpha value is -1.02. The molecule has 0 saturated heterocycles. The standard InChI is InChI=1S/C11H17N3OS/c1-8(2)6-16-7-10-13-11(15-14-10)4-9(3)5-12/h8-9H,4,6-7H2,1-3H3. The zero-order valence-electron chi connectivity index (χ0n) is 9.93. The lowest BCUT2D eigenvalue weighted by atomic mass is 10.1. The van der Waals surface area contributed by atoms with E-state index in [-0.39, 0.29) is 5.92 Å². The Morgan fingerprint density at radius 1 is 1.44 bits per heavy atom. The van der Waals surface area contributed by atoms with Gasteiger partial charge in [-0.2, -0.15) is 22.0 Å². The lowest BCUT2D eigenvalue weighted by Crippen LogP contribution is -1.97. The summed E-state index contributed by atoms with van der Waals surface area (Å²) in [5.74, 6) is 3.77. The van der Waals surface area contributed by atoms with Gasteiger partial charge in [-0.25, -0.2) is 0 Å². The number of aromatic nitrogens is 2. The summed E-state index contributed by atoms with van der Waals surface area (Å²) < 4.78 is 5.07. The van der Waals surface area contributed by atoms with Crippen LogP contribution in [0.2, 0.25) is 0 Å². The van der Waals surface area contributed by atoms with Crippen molar-refractivity contribution < 1.29 is 4.52 Å². The number of hydrogen-bond donors (Lipinski definition) is 0. The molecule has 0 N–H and O–H groups in total. The fraction of sp³-hybridized carbons (Fsp3) is 0.727. The maximum absolute atomic E-state index is 8.66. The van der Waals surface area contributed by atoms with Crippen LogP contribution in [0.3, 0.4) is 0 Å². The van der Waals surface area contributed by atoms with E-state index in [0.717, 1.165) is 17.3 Å². The minimum atomic E-state index is -0.0726. The first-order valence-corrected chi connectivity index (χ1v) is 6.56. The van der Waals surface area contributed by atoms with E-state index in [9.17, 15) is 0 Å². The van der Waals surface area contributed by atoms with E-state index >= 15 is 0 Å². The topological polar surface area (TPSA) is 62.7 Å². The zero-order chi connectivity index (χ0) is 12.0. The SMILES string of the molecule is CC(C)CSCc1noc(CC(C)C#N)n1. The summed E-state index contributed by atoms with van der Waals surface area (Å²) in [7, 11) is 0. The monoisotopic (exact) mass is 239 g/mol. The molecule has 0 aliphatic rings. The second-order valence-electron chi connectivity index (χ2n) is 4.25. The molecule has 1 aromatic heterocycles. The van der Waals surface area contributed by atoms with Crippen molar-refractivity contribution in [1.82, 2.24) is 10.1 Å². The van der Waals surface area contributed by atoms with Crippen molar-refractivity contribution in [1.29, 1.82) is 5.26 Å². The second-order valence-corrected chi connectivity index (χ2v) is 5.28. The third-order valence-electron chi connectivity index (χ3n) is 1.89. The molecule has 0 radical (unpaired) electrons. The van der Waals surface area contributed by atoms with E-state index in [1.165, 1.54) is 0 Å². The number of rotatable bonds is 6. The number of hydrogen-bond acceptors (Lipinski definition) is 5. The van der Waals surface area contributed by atoms with E-state index < -0.39 is 0 Å². The lowest BCUT2D eigenvalue weighted by Gasteiger charge is -2.00. The Morgan fingerprint density at radius 3 is 2.81 bits per heavy atom. The molecule has 0 spiro atoms. The van der Waals surface area contributed by atoms with Crippen molar-refractivity contribution in [3.05, 3.63) is 11.7 Å². The highest BCUT2D eigenvalue weighted by Gasteiger charge is 2.10. The second kappa shape index (κ2) is 6.54. The van der Waals surface area contributed by atoms with E-state index in [0.29, 0.717) is 18.2 Å². The van der Waals surface area contributed by atoms with Crippen molar-refractivity contribution >= 4 is 11.8 Å². The largest absolute Gasteiger partial charge is 0.339 e. The summed E-state index contributed by atoms with van der Waals surface area (Å²) in [4.78, 5) is 4.25. The summed E-state index contributed by atoms with van der Waals surface area (Å²) in [6.45, 7) is 6.21. The molecular formula is C11H17N3OS. The summed E-state index contributed by atoms with van der Waals surface area (Å²) in [5, 5.41) is 12.5. The van der Waals surface area contributed by atoms with Crippen molar-refractivity contribution in [2.45, 2.75) is 32.9 Å². The van der Waals surface area contributed by atoms with Crippen LogP contribution in [-0.2, 0) is 12.2 Å². The van der Waals surface area contributed by atoms with Crippen LogP contribution < -0.4 is 0 Å². The van der Waals surface area contributed by atoms with Crippen molar-refractivity contribution in [2.75, 3.05) is 5.75 Å². The molecule has 0 saturated carbocycles. The lowest BCUT2D eigenvalue weighted by molar-refractivity contribution is 0.366. The smallest absolute Gasteiger partial charge is 0.227 e. The molecule has 1 unspecified atom stereocenters. The molecule has 1 atom stereocenters. The molecule has 1 heterocycles. The van der Waals surface area contributed by atoms with Crippen LogP contribution in [-0.4, -0.2) is 15.9 Å².